The molecule has 0 fully saturated rings. The molecule has 2 heterocycles. The molecule has 2 aromatic heterocycles. The Morgan fingerprint density at radius 1 is 1.00 bits per heavy atom. The van der Waals surface area contributed by atoms with E-state index < -0.39 is 0 Å². The van der Waals surface area contributed by atoms with Crippen molar-refractivity contribution in [2.45, 2.75) is 6.92 Å². The number of benzene rings is 1. The molecule has 0 atom stereocenters. The Hall–Kier alpha value is -2.62. The van der Waals surface area contributed by atoms with E-state index in [9.17, 15) is 4.79 Å². The highest BCUT2D eigenvalue weighted by atomic mass is 16.1. The van der Waals surface area contributed by atoms with Gasteiger partial charge in [-0.3, -0.25) is 9.78 Å². The fraction of sp³-hybridized carbons (Fsp3) is 0.0667. The van der Waals surface area contributed by atoms with Crippen molar-refractivity contribution in [3.8, 4) is 0 Å². The van der Waals surface area contributed by atoms with Crippen molar-refractivity contribution in [1.29, 1.82) is 0 Å². The van der Waals surface area contributed by atoms with Gasteiger partial charge in [-0.1, -0.05) is 18.2 Å². The standard InChI is InChI=1S/C15H11N3O/c1-10-8-17-15(18-9-10)14(19)12-6-2-4-11-5-3-7-16-13(11)12/h2-9H,1H3. The molecule has 0 saturated carbocycles. The Bertz CT molecular complexity index is 745. The summed E-state index contributed by atoms with van der Waals surface area (Å²) in [5, 5.41) is 0.931. The zero-order chi connectivity index (χ0) is 13.2. The highest BCUT2D eigenvalue weighted by molar-refractivity contribution is 6.13. The third-order valence-corrected chi connectivity index (χ3v) is 2.86. The van der Waals surface area contributed by atoms with Gasteiger partial charge in [0.25, 0.3) is 0 Å². The number of hydrogen-bond acceptors (Lipinski definition) is 4. The Balaban J connectivity index is 2.14. The van der Waals surface area contributed by atoms with Crippen LogP contribution >= 0.6 is 0 Å². The van der Waals surface area contributed by atoms with Crippen LogP contribution in [0.4, 0.5) is 0 Å². The van der Waals surface area contributed by atoms with Crippen LogP contribution in [-0.2, 0) is 0 Å². The summed E-state index contributed by atoms with van der Waals surface area (Å²) in [5.74, 6) is -0.00643. The second kappa shape index (κ2) is 4.57. The highest BCUT2D eigenvalue weighted by Gasteiger charge is 2.15. The molecule has 0 N–H and O–H groups in total. The van der Waals surface area contributed by atoms with Crippen LogP contribution in [0.3, 0.4) is 0 Å². The summed E-state index contributed by atoms with van der Waals surface area (Å²) in [4.78, 5) is 24.8. The maximum Gasteiger partial charge on any atom is 0.232 e. The van der Waals surface area contributed by atoms with E-state index in [0.29, 0.717) is 11.1 Å². The molecule has 19 heavy (non-hydrogen) atoms. The quantitative estimate of drug-likeness (QED) is 0.655. The first-order chi connectivity index (χ1) is 9.25. The Labute approximate surface area is 110 Å². The predicted molar refractivity (Wildman–Crippen MR) is 71.9 cm³/mol. The minimum atomic E-state index is -0.204. The van der Waals surface area contributed by atoms with Gasteiger partial charge in [-0.25, -0.2) is 9.97 Å². The van der Waals surface area contributed by atoms with Gasteiger partial charge in [-0.05, 0) is 24.6 Å². The van der Waals surface area contributed by atoms with Gasteiger partial charge < -0.3 is 0 Å². The summed E-state index contributed by atoms with van der Waals surface area (Å²) < 4.78 is 0. The van der Waals surface area contributed by atoms with Crippen molar-refractivity contribution in [3.63, 3.8) is 0 Å². The number of aromatic nitrogens is 3. The van der Waals surface area contributed by atoms with Crippen LogP contribution in [0.25, 0.3) is 10.9 Å². The number of aryl methyl sites for hydroxylation is 1. The van der Waals surface area contributed by atoms with E-state index in [1.807, 2.05) is 31.2 Å². The van der Waals surface area contributed by atoms with E-state index in [-0.39, 0.29) is 11.6 Å². The smallest absolute Gasteiger partial charge is 0.232 e. The molecule has 0 spiro atoms. The van der Waals surface area contributed by atoms with Gasteiger partial charge >= 0.3 is 0 Å². The number of para-hydroxylation sites is 1. The maximum atomic E-state index is 12.4. The average Bonchev–Trinajstić information content (AvgIpc) is 2.47. The molecule has 0 radical (unpaired) electrons. The first-order valence-corrected chi connectivity index (χ1v) is 5.93. The molecule has 4 nitrogen and oxygen atoms in total. The third-order valence-electron chi connectivity index (χ3n) is 2.86. The molecule has 0 bridgehead atoms. The van der Waals surface area contributed by atoms with E-state index in [2.05, 4.69) is 15.0 Å². The number of carbonyl (C=O) groups is 1. The van der Waals surface area contributed by atoms with Gasteiger partial charge in [0.2, 0.25) is 11.6 Å². The fourth-order valence-electron chi connectivity index (χ4n) is 1.92. The zero-order valence-corrected chi connectivity index (χ0v) is 10.4. The highest BCUT2D eigenvalue weighted by Crippen LogP contribution is 2.18. The molecule has 0 aliphatic heterocycles. The number of carbonyl (C=O) groups excluding carboxylic acids is 1. The number of nitrogens with zero attached hydrogens (tertiary/aromatic N) is 3. The number of pyridine rings is 1. The van der Waals surface area contributed by atoms with Crippen molar-refractivity contribution in [1.82, 2.24) is 15.0 Å². The van der Waals surface area contributed by atoms with Crippen molar-refractivity contribution in [2.75, 3.05) is 0 Å². The summed E-state index contributed by atoms with van der Waals surface area (Å²) in [6, 6.07) is 9.29. The molecule has 0 aliphatic rings. The predicted octanol–water partition coefficient (Wildman–Crippen LogP) is 2.56. The molecule has 0 aliphatic carbocycles. The van der Waals surface area contributed by atoms with Crippen molar-refractivity contribution >= 4 is 16.7 Å². The summed E-state index contributed by atoms with van der Waals surface area (Å²) >= 11 is 0. The van der Waals surface area contributed by atoms with E-state index in [0.717, 1.165) is 10.9 Å². The van der Waals surface area contributed by atoms with Gasteiger partial charge in [0.05, 0.1) is 11.1 Å². The van der Waals surface area contributed by atoms with Crippen LogP contribution in [0.1, 0.15) is 21.7 Å². The van der Waals surface area contributed by atoms with Crippen molar-refractivity contribution in [2.24, 2.45) is 0 Å². The first-order valence-electron chi connectivity index (χ1n) is 5.93. The Morgan fingerprint density at radius 2 is 1.74 bits per heavy atom. The number of ketones is 1. The molecule has 3 rings (SSSR count). The van der Waals surface area contributed by atoms with Crippen LogP contribution in [0.2, 0.25) is 0 Å². The monoisotopic (exact) mass is 249 g/mol. The summed E-state index contributed by atoms with van der Waals surface area (Å²) in [7, 11) is 0. The molecular formula is C15H11N3O. The largest absolute Gasteiger partial charge is 0.285 e. The lowest BCUT2D eigenvalue weighted by Gasteiger charge is -2.03. The van der Waals surface area contributed by atoms with Crippen LogP contribution in [0.15, 0.2) is 48.9 Å². The van der Waals surface area contributed by atoms with Gasteiger partial charge in [0.1, 0.15) is 0 Å². The molecule has 4 heteroatoms. The second-order valence-electron chi connectivity index (χ2n) is 4.29. The van der Waals surface area contributed by atoms with E-state index in [1.165, 1.54) is 0 Å². The number of rotatable bonds is 2. The first kappa shape index (κ1) is 11.5. The van der Waals surface area contributed by atoms with Gasteiger partial charge in [-0.2, -0.15) is 0 Å². The van der Waals surface area contributed by atoms with Crippen LogP contribution < -0.4 is 0 Å². The van der Waals surface area contributed by atoms with E-state index in [1.54, 1.807) is 24.7 Å². The fourth-order valence-corrected chi connectivity index (χ4v) is 1.92. The topological polar surface area (TPSA) is 55.7 Å². The van der Waals surface area contributed by atoms with Crippen molar-refractivity contribution < 1.29 is 4.79 Å². The van der Waals surface area contributed by atoms with Gasteiger partial charge in [0, 0.05) is 24.0 Å². The summed E-state index contributed by atoms with van der Waals surface area (Å²) in [5.41, 5.74) is 2.13. The molecular weight excluding hydrogens is 238 g/mol. The minimum absolute atomic E-state index is 0.198. The SMILES string of the molecule is Cc1cnc(C(=O)c2cccc3cccnc23)nc1. The maximum absolute atomic E-state index is 12.4. The van der Waals surface area contributed by atoms with E-state index in [4.69, 9.17) is 0 Å². The molecule has 1 aromatic carbocycles. The number of hydrogen-bond donors (Lipinski definition) is 0. The lowest BCUT2D eigenvalue weighted by atomic mass is 10.1. The zero-order valence-electron chi connectivity index (χ0n) is 10.4. The third kappa shape index (κ3) is 2.08. The summed E-state index contributed by atoms with van der Waals surface area (Å²) in [6.07, 6.45) is 4.95. The lowest BCUT2D eigenvalue weighted by Crippen LogP contribution is -2.08. The summed E-state index contributed by atoms with van der Waals surface area (Å²) in [6.45, 7) is 1.88. The normalized spacial score (nSPS) is 10.6. The van der Waals surface area contributed by atoms with Gasteiger partial charge in [0.15, 0.2) is 0 Å². The Kier molecular flexibility index (Phi) is 2.76. The molecule has 0 saturated heterocycles. The van der Waals surface area contributed by atoms with Crippen molar-refractivity contribution in [3.05, 3.63) is 65.9 Å². The minimum Gasteiger partial charge on any atom is -0.285 e. The average molecular weight is 249 g/mol. The van der Waals surface area contributed by atoms with Crippen LogP contribution in [0, 0.1) is 6.92 Å². The molecule has 0 amide bonds. The second-order valence-corrected chi connectivity index (χ2v) is 4.29. The number of fused-ring (bicyclic) bond motifs is 1. The molecule has 0 unspecified atom stereocenters. The lowest BCUT2D eigenvalue weighted by molar-refractivity contribution is 0.103. The van der Waals surface area contributed by atoms with Gasteiger partial charge in [-0.15, -0.1) is 0 Å². The molecule has 92 valence electrons. The van der Waals surface area contributed by atoms with Crippen LogP contribution in [0.5, 0.6) is 0 Å². The molecule has 3 aromatic rings. The van der Waals surface area contributed by atoms with Crippen LogP contribution in [-0.4, -0.2) is 20.7 Å². The Morgan fingerprint density at radius 3 is 2.53 bits per heavy atom. The van der Waals surface area contributed by atoms with E-state index >= 15 is 0 Å².